The SMILES string of the molecule is Fc1ccc2cc([B-](F)(F)F)cnc2c1Cl.[K+]. The van der Waals surface area contributed by atoms with Gasteiger partial charge in [-0.05, 0) is 17.5 Å². The minimum absolute atomic E-state index is 0. The summed E-state index contributed by atoms with van der Waals surface area (Å²) in [6.45, 7) is -5.10. The van der Waals surface area contributed by atoms with Gasteiger partial charge in [-0.25, -0.2) is 4.39 Å². The molecule has 0 spiro atoms. The van der Waals surface area contributed by atoms with Gasteiger partial charge in [0.1, 0.15) is 10.8 Å². The van der Waals surface area contributed by atoms with Crippen LogP contribution in [-0.2, 0) is 0 Å². The van der Waals surface area contributed by atoms with Crippen LogP contribution in [0.15, 0.2) is 24.4 Å². The molecule has 1 nitrogen and oxygen atoms in total. The van der Waals surface area contributed by atoms with Crippen molar-refractivity contribution >= 4 is 34.9 Å². The van der Waals surface area contributed by atoms with E-state index in [1.807, 2.05) is 0 Å². The average Bonchev–Trinajstić information content (AvgIpc) is 2.22. The number of halogens is 5. The molecule has 0 atom stereocenters. The van der Waals surface area contributed by atoms with Gasteiger partial charge in [-0.3, -0.25) is 4.98 Å². The normalized spacial score (nSPS) is 11.4. The van der Waals surface area contributed by atoms with Crippen LogP contribution in [0.4, 0.5) is 17.3 Å². The summed E-state index contributed by atoms with van der Waals surface area (Å²) in [5.74, 6) is -0.702. The summed E-state index contributed by atoms with van der Waals surface area (Å²) in [5.41, 5.74) is -0.791. The minimum Gasteiger partial charge on any atom is -0.445 e. The molecule has 2 rings (SSSR count). The van der Waals surface area contributed by atoms with Gasteiger partial charge in [0.15, 0.2) is 0 Å². The minimum atomic E-state index is -5.10. The van der Waals surface area contributed by atoms with E-state index in [4.69, 9.17) is 11.6 Å². The summed E-state index contributed by atoms with van der Waals surface area (Å²) in [5, 5.41) is -0.0955. The summed E-state index contributed by atoms with van der Waals surface area (Å²) in [6.07, 6.45) is 0.660. The number of rotatable bonds is 1. The monoisotopic (exact) mass is 287 g/mol. The van der Waals surface area contributed by atoms with Gasteiger partial charge in [0.2, 0.25) is 0 Å². The molecule has 0 N–H and O–H groups in total. The third-order valence-electron chi connectivity index (χ3n) is 2.14. The first kappa shape index (κ1) is 15.4. The molecule has 0 radical (unpaired) electrons. The third kappa shape index (κ3) is 3.21. The Bertz CT molecular complexity index is 560. The Morgan fingerprint density at radius 3 is 2.41 bits per heavy atom. The fourth-order valence-corrected chi connectivity index (χ4v) is 1.56. The van der Waals surface area contributed by atoms with Crippen LogP contribution in [0.2, 0.25) is 5.02 Å². The first-order valence-electron chi connectivity index (χ1n) is 4.33. The Morgan fingerprint density at radius 1 is 1.18 bits per heavy atom. The zero-order chi connectivity index (χ0) is 11.9. The van der Waals surface area contributed by atoms with Gasteiger partial charge in [0.25, 0.3) is 0 Å². The molecule has 0 unspecified atom stereocenters. The molecule has 0 aliphatic rings. The molecule has 0 fully saturated rings. The van der Waals surface area contributed by atoms with Crippen LogP contribution >= 0.6 is 11.6 Å². The van der Waals surface area contributed by atoms with Gasteiger partial charge >= 0.3 is 58.4 Å². The summed E-state index contributed by atoms with van der Waals surface area (Å²) in [7, 11) is 0. The van der Waals surface area contributed by atoms with Crippen molar-refractivity contribution in [2.45, 2.75) is 0 Å². The van der Waals surface area contributed by atoms with Crippen molar-refractivity contribution in [3.63, 3.8) is 0 Å². The first-order chi connectivity index (χ1) is 7.39. The molecule has 0 bridgehead atoms. The van der Waals surface area contributed by atoms with Gasteiger partial charge in [-0.15, -0.1) is 0 Å². The van der Waals surface area contributed by atoms with Crippen LogP contribution in [0, 0.1) is 5.82 Å². The maximum atomic E-state index is 13.0. The number of fused-ring (bicyclic) bond motifs is 1. The van der Waals surface area contributed by atoms with Crippen molar-refractivity contribution in [2.75, 3.05) is 0 Å². The molecular weight excluding hydrogens is 283 g/mol. The number of hydrogen-bond acceptors (Lipinski definition) is 1. The predicted octanol–water partition coefficient (Wildman–Crippen LogP) is 0.0857. The summed E-state index contributed by atoms with van der Waals surface area (Å²) < 4.78 is 50.2. The maximum absolute atomic E-state index is 13.0. The van der Waals surface area contributed by atoms with Gasteiger partial charge in [0, 0.05) is 6.20 Å². The fraction of sp³-hybridized carbons (Fsp3) is 0. The van der Waals surface area contributed by atoms with Gasteiger partial charge in [0.05, 0.1) is 5.52 Å². The molecule has 0 aliphatic heterocycles. The zero-order valence-electron chi connectivity index (χ0n) is 8.72. The third-order valence-corrected chi connectivity index (χ3v) is 2.50. The van der Waals surface area contributed by atoms with Crippen molar-refractivity contribution in [1.29, 1.82) is 0 Å². The molecule has 1 heterocycles. The number of aromatic nitrogens is 1. The Labute approximate surface area is 142 Å². The second-order valence-electron chi connectivity index (χ2n) is 3.28. The average molecular weight is 287 g/mol. The Morgan fingerprint density at radius 2 is 1.82 bits per heavy atom. The van der Waals surface area contributed by atoms with Crippen LogP contribution in [0.1, 0.15) is 0 Å². The summed E-state index contributed by atoms with van der Waals surface area (Å²) in [4.78, 5) is 3.53. The molecule has 0 amide bonds. The van der Waals surface area contributed by atoms with Crippen molar-refractivity contribution < 1.29 is 68.7 Å². The molecule has 1 aromatic heterocycles. The van der Waals surface area contributed by atoms with Crippen molar-refractivity contribution in [3.8, 4) is 0 Å². The van der Waals surface area contributed by atoms with E-state index in [0.29, 0.717) is 6.20 Å². The first-order valence-corrected chi connectivity index (χ1v) is 4.71. The van der Waals surface area contributed by atoms with E-state index in [9.17, 15) is 17.3 Å². The van der Waals surface area contributed by atoms with Crippen LogP contribution in [0.5, 0.6) is 0 Å². The smallest absolute Gasteiger partial charge is 0.445 e. The van der Waals surface area contributed by atoms with Crippen LogP contribution < -0.4 is 56.8 Å². The fourth-order valence-electron chi connectivity index (χ4n) is 1.34. The van der Waals surface area contributed by atoms with E-state index in [1.165, 1.54) is 6.07 Å². The number of pyridine rings is 1. The summed E-state index contributed by atoms with van der Waals surface area (Å²) in [6, 6.07) is 3.14. The van der Waals surface area contributed by atoms with Gasteiger partial charge in [-0.1, -0.05) is 23.1 Å². The molecule has 8 heteroatoms. The molecular formula is C9H4BClF4KN. The molecule has 17 heavy (non-hydrogen) atoms. The van der Waals surface area contributed by atoms with E-state index >= 15 is 0 Å². The van der Waals surface area contributed by atoms with Crippen LogP contribution in [0.3, 0.4) is 0 Å². The number of benzene rings is 1. The van der Waals surface area contributed by atoms with E-state index in [1.54, 1.807) is 0 Å². The maximum Gasteiger partial charge on any atom is 1.00 e. The number of hydrogen-bond donors (Lipinski definition) is 0. The second kappa shape index (κ2) is 5.54. The standard InChI is InChI=1S/C9H4BClF4N.K/c11-8-7(12)2-1-5-3-6(10(13,14)15)4-16-9(5)8;/h1-4H;/q-1;+1. The largest absolute Gasteiger partial charge is 1.00 e. The molecule has 2 aromatic rings. The van der Waals surface area contributed by atoms with Crippen molar-refractivity contribution in [2.24, 2.45) is 0 Å². The second-order valence-corrected chi connectivity index (χ2v) is 3.65. The van der Waals surface area contributed by atoms with Crippen molar-refractivity contribution in [1.82, 2.24) is 4.98 Å². The molecule has 0 saturated heterocycles. The van der Waals surface area contributed by atoms with E-state index in [0.717, 1.165) is 12.1 Å². The van der Waals surface area contributed by atoms with Crippen LogP contribution in [-0.4, -0.2) is 12.0 Å². The van der Waals surface area contributed by atoms with Crippen LogP contribution in [0.25, 0.3) is 10.9 Å². The Balaban J connectivity index is 0.00000144. The van der Waals surface area contributed by atoms with Gasteiger partial charge < -0.3 is 12.9 Å². The molecule has 1 aromatic carbocycles. The van der Waals surface area contributed by atoms with E-state index < -0.39 is 18.3 Å². The Hall–Kier alpha value is 0.341. The quantitative estimate of drug-likeness (QED) is 0.535. The molecule has 0 aliphatic carbocycles. The number of nitrogens with zero attached hydrogens (tertiary/aromatic N) is 1. The van der Waals surface area contributed by atoms with Gasteiger partial charge in [-0.2, -0.15) is 0 Å². The molecule has 84 valence electrons. The van der Waals surface area contributed by atoms with E-state index in [2.05, 4.69) is 4.98 Å². The topological polar surface area (TPSA) is 12.9 Å². The Kier molecular flexibility index (Phi) is 5.02. The zero-order valence-corrected chi connectivity index (χ0v) is 12.6. The summed E-state index contributed by atoms with van der Waals surface area (Å²) >= 11 is 5.58. The van der Waals surface area contributed by atoms with Crippen molar-refractivity contribution in [3.05, 3.63) is 35.2 Å². The predicted molar refractivity (Wildman–Crippen MR) is 55.4 cm³/mol. The van der Waals surface area contributed by atoms with E-state index in [-0.39, 0.29) is 67.3 Å². The molecule has 0 saturated carbocycles.